The highest BCUT2D eigenvalue weighted by Gasteiger charge is 2.33. The maximum atomic E-state index is 15.4. The van der Waals surface area contributed by atoms with Crippen molar-refractivity contribution < 1.29 is 31.1 Å². The van der Waals surface area contributed by atoms with E-state index in [1.807, 2.05) is 12.1 Å². The van der Waals surface area contributed by atoms with Crippen molar-refractivity contribution in [3.8, 4) is 28.0 Å². The van der Waals surface area contributed by atoms with Gasteiger partial charge in [-0.3, -0.25) is 0 Å². The predicted molar refractivity (Wildman–Crippen MR) is 119 cm³/mol. The number of aryl methyl sites for hydroxylation is 2. The lowest BCUT2D eigenvalue weighted by atomic mass is 9.82. The fourth-order valence-electron chi connectivity index (χ4n) is 4.56. The highest BCUT2D eigenvalue weighted by molar-refractivity contribution is 5.78. The Morgan fingerprint density at radius 3 is 2.32 bits per heavy atom. The van der Waals surface area contributed by atoms with Crippen LogP contribution in [0.5, 0.6) is 5.75 Å². The summed E-state index contributed by atoms with van der Waals surface area (Å²) in [6, 6.07) is 9.58. The molecule has 0 saturated carbocycles. The average molecular weight is 478 g/mol. The Kier molecular flexibility index (Phi) is 6.91. The zero-order chi connectivity index (χ0) is 24.5. The van der Waals surface area contributed by atoms with Crippen LogP contribution in [0.2, 0.25) is 0 Å². The largest absolute Gasteiger partial charge is 0.573 e. The SMILES string of the molecule is CCCCCCc1ccc2c(c1)CCc1c-2cc(F)c(-c2ccc(OC(F)(F)F)c(F)c2)c1F. The molecule has 0 heterocycles. The second-order valence-electron chi connectivity index (χ2n) is 8.57. The molecule has 0 amide bonds. The van der Waals surface area contributed by atoms with Crippen LogP contribution in [-0.4, -0.2) is 6.36 Å². The highest BCUT2D eigenvalue weighted by atomic mass is 19.4. The first-order valence-electron chi connectivity index (χ1n) is 11.4. The molecule has 34 heavy (non-hydrogen) atoms. The van der Waals surface area contributed by atoms with Crippen LogP contribution in [0.25, 0.3) is 22.3 Å². The van der Waals surface area contributed by atoms with Gasteiger partial charge >= 0.3 is 6.36 Å². The van der Waals surface area contributed by atoms with Gasteiger partial charge in [0.1, 0.15) is 11.6 Å². The van der Waals surface area contributed by atoms with E-state index in [1.54, 1.807) is 0 Å². The van der Waals surface area contributed by atoms with E-state index in [0.717, 1.165) is 36.5 Å². The van der Waals surface area contributed by atoms with Gasteiger partial charge in [0.05, 0.1) is 5.56 Å². The van der Waals surface area contributed by atoms with Gasteiger partial charge in [-0.15, -0.1) is 13.2 Å². The molecule has 0 aliphatic heterocycles. The van der Waals surface area contributed by atoms with Crippen LogP contribution < -0.4 is 4.74 Å². The van der Waals surface area contributed by atoms with Crippen LogP contribution in [0.15, 0.2) is 42.5 Å². The van der Waals surface area contributed by atoms with Crippen molar-refractivity contribution >= 4 is 0 Å². The Hall–Kier alpha value is -2.96. The second kappa shape index (κ2) is 9.72. The third-order valence-electron chi connectivity index (χ3n) is 6.19. The van der Waals surface area contributed by atoms with Crippen molar-refractivity contribution in [3.05, 3.63) is 76.6 Å². The minimum absolute atomic E-state index is 0.196. The summed E-state index contributed by atoms with van der Waals surface area (Å²) in [5, 5.41) is 0. The first-order valence-corrected chi connectivity index (χ1v) is 11.4. The van der Waals surface area contributed by atoms with E-state index in [-0.39, 0.29) is 5.56 Å². The molecule has 0 bridgehead atoms. The van der Waals surface area contributed by atoms with E-state index >= 15 is 8.78 Å². The number of ether oxygens (including phenoxy) is 1. The van der Waals surface area contributed by atoms with Gasteiger partial charge < -0.3 is 4.74 Å². The third kappa shape index (κ3) is 5.08. The summed E-state index contributed by atoms with van der Waals surface area (Å²) >= 11 is 0. The summed E-state index contributed by atoms with van der Waals surface area (Å²) in [5.74, 6) is -4.15. The van der Waals surface area contributed by atoms with Crippen molar-refractivity contribution in [2.45, 2.75) is 58.2 Å². The zero-order valence-corrected chi connectivity index (χ0v) is 18.7. The van der Waals surface area contributed by atoms with Gasteiger partial charge in [0.2, 0.25) is 0 Å². The molecule has 1 nitrogen and oxygen atoms in total. The number of benzene rings is 3. The molecule has 3 aromatic carbocycles. The van der Waals surface area contributed by atoms with E-state index in [1.165, 1.54) is 24.5 Å². The topological polar surface area (TPSA) is 9.23 Å². The quantitative estimate of drug-likeness (QED) is 0.244. The second-order valence-corrected chi connectivity index (χ2v) is 8.57. The molecule has 1 aliphatic rings. The Balaban J connectivity index is 1.66. The molecule has 0 unspecified atom stereocenters. The molecule has 180 valence electrons. The van der Waals surface area contributed by atoms with Crippen molar-refractivity contribution in [1.29, 1.82) is 0 Å². The van der Waals surface area contributed by atoms with Gasteiger partial charge in [-0.2, -0.15) is 0 Å². The molecular formula is C27H24F6O. The van der Waals surface area contributed by atoms with Crippen LogP contribution in [-0.2, 0) is 19.3 Å². The zero-order valence-electron chi connectivity index (χ0n) is 18.7. The van der Waals surface area contributed by atoms with Gasteiger partial charge in [-0.1, -0.05) is 50.5 Å². The number of unbranched alkanes of at least 4 members (excludes halogenated alkanes) is 3. The van der Waals surface area contributed by atoms with Gasteiger partial charge in [0.25, 0.3) is 0 Å². The van der Waals surface area contributed by atoms with Crippen molar-refractivity contribution in [3.63, 3.8) is 0 Å². The fourth-order valence-corrected chi connectivity index (χ4v) is 4.56. The fraction of sp³-hybridized carbons (Fsp3) is 0.333. The molecule has 0 spiro atoms. The molecule has 7 heteroatoms. The first-order chi connectivity index (χ1) is 16.2. The molecule has 0 fully saturated rings. The van der Waals surface area contributed by atoms with Crippen molar-refractivity contribution in [2.24, 2.45) is 0 Å². The third-order valence-corrected chi connectivity index (χ3v) is 6.19. The Morgan fingerprint density at radius 2 is 1.62 bits per heavy atom. The van der Waals surface area contributed by atoms with E-state index in [9.17, 15) is 17.6 Å². The molecule has 0 aromatic heterocycles. The monoisotopic (exact) mass is 478 g/mol. The lowest BCUT2D eigenvalue weighted by molar-refractivity contribution is -0.275. The number of hydrogen-bond acceptors (Lipinski definition) is 1. The van der Waals surface area contributed by atoms with E-state index in [0.29, 0.717) is 36.1 Å². The van der Waals surface area contributed by atoms with Gasteiger partial charge in [-0.25, -0.2) is 13.2 Å². The number of rotatable bonds is 7. The predicted octanol–water partition coefficient (Wildman–Crippen LogP) is 8.56. The number of hydrogen-bond donors (Lipinski definition) is 0. The summed E-state index contributed by atoms with van der Waals surface area (Å²) in [7, 11) is 0. The van der Waals surface area contributed by atoms with E-state index in [4.69, 9.17) is 0 Å². The van der Waals surface area contributed by atoms with Gasteiger partial charge in [0, 0.05) is 0 Å². The molecule has 0 radical (unpaired) electrons. The smallest absolute Gasteiger partial charge is 0.403 e. The molecule has 0 N–H and O–H groups in total. The van der Waals surface area contributed by atoms with Crippen LogP contribution in [0.4, 0.5) is 26.3 Å². The van der Waals surface area contributed by atoms with Crippen LogP contribution in [0.1, 0.15) is 49.3 Å². The van der Waals surface area contributed by atoms with E-state index in [2.05, 4.69) is 17.7 Å². The van der Waals surface area contributed by atoms with Crippen molar-refractivity contribution in [1.82, 2.24) is 0 Å². The maximum Gasteiger partial charge on any atom is 0.573 e. The molecule has 0 atom stereocenters. The standard InChI is InChI=1S/C27H24F6O/c1-2-3-4-5-6-16-7-10-19-17(13-16)8-11-20-21(19)15-23(29)25(26(20)30)18-9-12-24(22(28)14-18)34-27(31,32)33/h7,9-10,12-15H,2-6,8,11H2,1H3. The average Bonchev–Trinajstić information content (AvgIpc) is 2.77. The molecule has 4 rings (SSSR count). The van der Waals surface area contributed by atoms with Crippen LogP contribution >= 0.6 is 0 Å². The van der Waals surface area contributed by atoms with Gasteiger partial charge in [0.15, 0.2) is 11.6 Å². The first kappa shape index (κ1) is 24.2. The lowest BCUT2D eigenvalue weighted by Gasteiger charge is -2.23. The van der Waals surface area contributed by atoms with E-state index < -0.39 is 35.1 Å². The Labute approximate surface area is 194 Å². The normalized spacial score (nSPS) is 12.9. The highest BCUT2D eigenvalue weighted by Crippen LogP contribution is 2.41. The molecule has 0 saturated heterocycles. The van der Waals surface area contributed by atoms with Crippen LogP contribution in [0.3, 0.4) is 0 Å². The number of alkyl halides is 3. The molecular weight excluding hydrogens is 454 g/mol. The molecule has 3 aromatic rings. The minimum atomic E-state index is -5.08. The lowest BCUT2D eigenvalue weighted by Crippen LogP contribution is -2.18. The summed E-state index contributed by atoms with van der Waals surface area (Å²) in [6.07, 6.45) is 1.44. The number of fused-ring (bicyclic) bond motifs is 3. The van der Waals surface area contributed by atoms with Gasteiger partial charge in [-0.05, 0) is 77.3 Å². The summed E-state index contributed by atoms with van der Waals surface area (Å²) in [4.78, 5) is 0. The number of halogens is 6. The Morgan fingerprint density at radius 1 is 0.824 bits per heavy atom. The summed E-state index contributed by atoms with van der Waals surface area (Å²) in [6.45, 7) is 2.16. The Bertz CT molecular complexity index is 1200. The minimum Gasteiger partial charge on any atom is -0.403 e. The van der Waals surface area contributed by atoms with Crippen molar-refractivity contribution in [2.75, 3.05) is 0 Å². The molecule has 1 aliphatic carbocycles. The summed E-state index contributed by atoms with van der Waals surface area (Å²) in [5.41, 5.74) is 3.11. The summed E-state index contributed by atoms with van der Waals surface area (Å²) < 4.78 is 85.4. The van der Waals surface area contributed by atoms with Crippen LogP contribution in [0, 0.1) is 17.5 Å². The maximum absolute atomic E-state index is 15.4.